The van der Waals surface area contributed by atoms with Crippen LogP contribution in [0.3, 0.4) is 0 Å². The van der Waals surface area contributed by atoms with Gasteiger partial charge in [0.1, 0.15) is 17.8 Å². The minimum absolute atomic E-state index is 0.429. The standard InChI is InChI=1S/C20H24N6/c1-13-7-16(10-22-8-13)26-11-17(15-3-4-15)18-19(23-12-24-20(18)26)25-6-5-21-9-14(25)2/h7-8,10-12,14-15,21H,3-6,9H2,1-2H3/t14-/m0/s1. The minimum atomic E-state index is 0.429. The molecule has 1 saturated heterocycles. The number of hydrogen-bond acceptors (Lipinski definition) is 5. The molecular formula is C20H24N6. The molecule has 4 heterocycles. The fourth-order valence-electron chi connectivity index (χ4n) is 4.02. The number of fused-ring (bicyclic) bond motifs is 1. The second kappa shape index (κ2) is 6.06. The highest BCUT2D eigenvalue weighted by atomic mass is 15.3. The first-order valence-corrected chi connectivity index (χ1v) is 9.47. The summed E-state index contributed by atoms with van der Waals surface area (Å²) in [6, 6.07) is 2.59. The molecular weight excluding hydrogens is 324 g/mol. The molecule has 5 rings (SSSR count). The fraction of sp³-hybridized carbons (Fsp3) is 0.450. The van der Waals surface area contributed by atoms with E-state index in [2.05, 4.69) is 50.9 Å². The lowest BCUT2D eigenvalue weighted by Crippen LogP contribution is -2.50. The molecule has 2 fully saturated rings. The van der Waals surface area contributed by atoms with Crippen LogP contribution < -0.4 is 10.2 Å². The van der Waals surface area contributed by atoms with Gasteiger partial charge in [0.25, 0.3) is 0 Å². The highest BCUT2D eigenvalue weighted by Crippen LogP contribution is 2.46. The van der Waals surface area contributed by atoms with Crippen LogP contribution in [-0.4, -0.2) is 45.2 Å². The van der Waals surface area contributed by atoms with Gasteiger partial charge in [0.05, 0.1) is 17.3 Å². The first-order chi connectivity index (χ1) is 12.7. The Bertz CT molecular complexity index is 958. The van der Waals surface area contributed by atoms with E-state index in [0.717, 1.165) is 42.4 Å². The number of aryl methyl sites for hydroxylation is 1. The molecule has 1 N–H and O–H groups in total. The zero-order valence-electron chi connectivity index (χ0n) is 15.3. The van der Waals surface area contributed by atoms with Gasteiger partial charge in [-0.3, -0.25) is 9.55 Å². The third-order valence-corrected chi connectivity index (χ3v) is 5.52. The van der Waals surface area contributed by atoms with Crippen LogP contribution in [0.15, 0.2) is 31.0 Å². The first kappa shape index (κ1) is 15.8. The number of anilines is 1. The summed E-state index contributed by atoms with van der Waals surface area (Å²) in [5.74, 6) is 1.73. The van der Waals surface area contributed by atoms with E-state index in [1.165, 1.54) is 23.8 Å². The van der Waals surface area contributed by atoms with Crippen molar-refractivity contribution in [1.82, 2.24) is 24.8 Å². The van der Waals surface area contributed by atoms with Crippen molar-refractivity contribution in [1.29, 1.82) is 0 Å². The summed E-state index contributed by atoms with van der Waals surface area (Å²) in [6.07, 6.45) is 10.3. The van der Waals surface area contributed by atoms with Crippen molar-refractivity contribution in [2.24, 2.45) is 0 Å². The third kappa shape index (κ3) is 2.56. The molecule has 3 aromatic rings. The van der Waals surface area contributed by atoms with E-state index in [-0.39, 0.29) is 0 Å². The summed E-state index contributed by atoms with van der Waals surface area (Å²) in [5.41, 5.74) is 4.61. The molecule has 3 aromatic heterocycles. The average molecular weight is 348 g/mol. The van der Waals surface area contributed by atoms with Gasteiger partial charge in [-0.25, -0.2) is 9.97 Å². The molecule has 1 aliphatic heterocycles. The third-order valence-electron chi connectivity index (χ3n) is 5.52. The number of pyridine rings is 1. The predicted molar refractivity (Wildman–Crippen MR) is 103 cm³/mol. The van der Waals surface area contributed by atoms with Crippen molar-refractivity contribution in [3.8, 4) is 5.69 Å². The predicted octanol–water partition coefficient (Wildman–Crippen LogP) is 2.80. The molecule has 0 amide bonds. The Morgan fingerprint density at radius 3 is 2.85 bits per heavy atom. The van der Waals surface area contributed by atoms with Crippen molar-refractivity contribution in [2.45, 2.75) is 38.6 Å². The Morgan fingerprint density at radius 2 is 2.08 bits per heavy atom. The number of aromatic nitrogens is 4. The lowest BCUT2D eigenvalue weighted by atomic mass is 10.1. The molecule has 0 unspecified atom stereocenters. The van der Waals surface area contributed by atoms with E-state index in [4.69, 9.17) is 4.98 Å². The Morgan fingerprint density at radius 1 is 1.19 bits per heavy atom. The zero-order chi connectivity index (χ0) is 17.7. The number of nitrogens with one attached hydrogen (secondary N) is 1. The van der Waals surface area contributed by atoms with Crippen LogP contribution in [0.2, 0.25) is 0 Å². The summed E-state index contributed by atoms with van der Waals surface area (Å²) >= 11 is 0. The van der Waals surface area contributed by atoms with Gasteiger partial charge in [-0.05, 0) is 49.8 Å². The van der Waals surface area contributed by atoms with Crippen LogP contribution in [0.4, 0.5) is 5.82 Å². The average Bonchev–Trinajstić information content (AvgIpc) is 3.42. The molecule has 6 heteroatoms. The summed E-state index contributed by atoms with van der Waals surface area (Å²) in [6.45, 7) is 7.31. The molecule has 0 radical (unpaired) electrons. The summed E-state index contributed by atoms with van der Waals surface area (Å²) in [5, 5.41) is 4.70. The molecule has 6 nitrogen and oxygen atoms in total. The van der Waals surface area contributed by atoms with Crippen molar-refractivity contribution in [3.05, 3.63) is 42.1 Å². The van der Waals surface area contributed by atoms with E-state index in [1.54, 1.807) is 6.33 Å². The molecule has 0 aromatic carbocycles. The minimum Gasteiger partial charge on any atom is -0.351 e. The van der Waals surface area contributed by atoms with Crippen LogP contribution in [0.25, 0.3) is 16.7 Å². The van der Waals surface area contributed by atoms with Gasteiger partial charge in [0, 0.05) is 38.1 Å². The van der Waals surface area contributed by atoms with E-state index >= 15 is 0 Å². The van der Waals surface area contributed by atoms with E-state index in [1.807, 2.05) is 12.4 Å². The van der Waals surface area contributed by atoms with E-state index in [0.29, 0.717) is 12.0 Å². The highest BCUT2D eigenvalue weighted by Gasteiger charge is 2.32. The highest BCUT2D eigenvalue weighted by molar-refractivity contribution is 5.93. The Hall–Kier alpha value is -2.47. The normalized spacial score (nSPS) is 20.7. The van der Waals surface area contributed by atoms with Gasteiger partial charge < -0.3 is 10.2 Å². The zero-order valence-corrected chi connectivity index (χ0v) is 15.3. The van der Waals surface area contributed by atoms with Crippen molar-refractivity contribution < 1.29 is 0 Å². The van der Waals surface area contributed by atoms with Crippen LogP contribution in [-0.2, 0) is 0 Å². The van der Waals surface area contributed by atoms with Gasteiger partial charge in [0.15, 0.2) is 0 Å². The molecule has 1 atom stereocenters. The summed E-state index contributed by atoms with van der Waals surface area (Å²) in [7, 11) is 0. The smallest absolute Gasteiger partial charge is 0.150 e. The van der Waals surface area contributed by atoms with Gasteiger partial charge in [-0.2, -0.15) is 0 Å². The number of rotatable bonds is 3. The summed E-state index contributed by atoms with van der Waals surface area (Å²) in [4.78, 5) is 16.2. The van der Waals surface area contributed by atoms with Crippen LogP contribution in [0.5, 0.6) is 0 Å². The van der Waals surface area contributed by atoms with Crippen LogP contribution >= 0.6 is 0 Å². The molecule has 1 aliphatic carbocycles. The van der Waals surface area contributed by atoms with E-state index in [9.17, 15) is 0 Å². The Labute approximate surface area is 153 Å². The van der Waals surface area contributed by atoms with Gasteiger partial charge in [-0.1, -0.05) is 0 Å². The van der Waals surface area contributed by atoms with Crippen molar-refractivity contribution >= 4 is 16.9 Å². The number of piperazine rings is 1. The van der Waals surface area contributed by atoms with E-state index < -0.39 is 0 Å². The van der Waals surface area contributed by atoms with Crippen LogP contribution in [0, 0.1) is 6.92 Å². The molecule has 134 valence electrons. The first-order valence-electron chi connectivity index (χ1n) is 9.47. The Balaban J connectivity index is 1.73. The molecule has 2 aliphatic rings. The molecule has 0 spiro atoms. The second-order valence-corrected chi connectivity index (χ2v) is 7.59. The number of hydrogen-bond donors (Lipinski definition) is 1. The lowest BCUT2D eigenvalue weighted by molar-refractivity contribution is 0.498. The van der Waals surface area contributed by atoms with Crippen molar-refractivity contribution in [2.75, 3.05) is 24.5 Å². The summed E-state index contributed by atoms with van der Waals surface area (Å²) < 4.78 is 2.20. The van der Waals surface area contributed by atoms with Gasteiger partial charge >= 0.3 is 0 Å². The van der Waals surface area contributed by atoms with Gasteiger partial charge in [0.2, 0.25) is 0 Å². The monoisotopic (exact) mass is 348 g/mol. The fourth-order valence-corrected chi connectivity index (χ4v) is 4.02. The van der Waals surface area contributed by atoms with Crippen LogP contribution in [0.1, 0.15) is 36.8 Å². The maximum absolute atomic E-state index is 4.73. The SMILES string of the molecule is Cc1cncc(-n2cc(C3CC3)c3c(N4CCNC[C@@H]4C)ncnc32)c1. The lowest BCUT2D eigenvalue weighted by Gasteiger charge is -2.35. The number of nitrogens with zero attached hydrogens (tertiary/aromatic N) is 5. The topological polar surface area (TPSA) is 58.9 Å². The molecule has 26 heavy (non-hydrogen) atoms. The maximum Gasteiger partial charge on any atom is 0.150 e. The Kier molecular flexibility index (Phi) is 3.67. The quantitative estimate of drug-likeness (QED) is 0.789. The second-order valence-electron chi connectivity index (χ2n) is 7.59. The largest absolute Gasteiger partial charge is 0.351 e. The molecule has 1 saturated carbocycles. The van der Waals surface area contributed by atoms with Gasteiger partial charge in [-0.15, -0.1) is 0 Å². The molecule has 0 bridgehead atoms. The maximum atomic E-state index is 4.73. The van der Waals surface area contributed by atoms with Crippen molar-refractivity contribution in [3.63, 3.8) is 0 Å².